The van der Waals surface area contributed by atoms with E-state index in [1.807, 2.05) is 31.2 Å². The Hall–Kier alpha value is -3.23. The number of benzene rings is 3. The average Bonchev–Trinajstić information content (AvgIpc) is 2.79. The summed E-state index contributed by atoms with van der Waals surface area (Å²) in [6.07, 6.45) is 0. The summed E-state index contributed by atoms with van der Waals surface area (Å²) < 4.78 is 38.3. The molecule has 9 heteroatoms. The molecule has 3 rings (SSSR count). The predicted molar refractivity (Wildman–Crippen MR) is 124 cm³/mol. The van der Waals surface area contributed by atoms with Crippen LogP contribution in [0.2, 0.25) is 5.02 Å². The molecule has 1 amide bonds. The zero-order valence-corrected chi connectivity index (χ0v) is 19.2. The monoisotopic (exact) mass is 474 g/mol. The molecule has 3 aromatic rings. The fourth-order valence-electron chi connectivity index (χ4n) is 2.83. The van der Waals surface area contributed by atoms with Gasteiger partial charge in [-0.05, 0) is 55.0 Å². The number of hydrogen-bond acceptors (Lipinski definition) is 5. The first-order valence-corrected chi connectivity index (χ1v) is 11.5. The van der Waals surface area contributed by atoms with Crippen molar-refractivity contribution in [3.8, 4) is 11.5 Å². The number of hydrogen-bond donors (Lipinski definition) is 2. The third kappa shape index (κ3) is 6.15. The molecule has 0 aromatic heterocycles. The zero-order valence-electron chi connectivity index (χ0n) is 17.6. The maximum atomic E-state index is 12.6. The molecule has 0 unspecified atom stereocenters. The molecule has 0 aliphatic rings. The highest BCUT2D eigenvalue weighted by Crippen LogP contribution is 2.23. The molecule has 7 nitrogen and oxygen atoms in total. The Morgan fingerprint density at radius 1 is 1.03 bits per heavy atom. The summed E-state index contributed by atoms with van der Waals surface area (Å²) in [5.74, 6) is 0.743. The third-order valence-electron chi connectivity index (χ3n) is 4.60. The topological polar surface area (TPSA) is 93.7 Å². The summed E-state index contributed by atoms with van der Waals surface area (Å²) in [6, 6.07) is 18.1. The molecule has 0 spiro atoms. The second-order valence-corrected chi connectivity index (χ2v) is 9.01. The van der Waals surface area contributed by atoms with Gasteiger partial charge in [-0.15, -0.1) is 0 Å². The lowest BCUT2D eigenvalue weighted by Crippen LogP contribution is -2.28. The highest BCUT2D eigenvalue weighted by atomic mass is 35.5. The molecule has 0 atom stereocenters. The van der Waals surface area contributed by atoms with Crippen molar-refractivity contribution in [3.05, 3.63) is 82.9 Å². The average molecular weight is 475 g/mol. The van der Waals surface area contributed by atoms with E-state index in [9.17, 15) is 13.2 Å². The van der Waals surface area contributed by atoms with E-state index >= 15 is 0 Å². The summed E-state index contributed by atoms with van der Waals surface area (Å²) in [6.45, 7) is 1.93. The first-order chi connectivity index (χ1) is 15.3. The zero-order chi connectivity index (χ0) is 23.1. The van der Waals surface area contributed by atoms with Crippen molar-refractivity contribution >= 4 is 33.2 Å². The summed E-state index contributed by atoms with van der Waals surface area (Å²) >= 11 is 6.05. The minimum Gasteiger partial charge on any atom is -0.496 e. The van der Waals surface area contributed by atoms with Gasteiger partial charge in [0, 0.05) is 17.1 Å². The van der Waals surface area contributed by atoms with E-state index in [2.05, 4.69) is 10.0 Å². The molecule has 0 radical (unpaired) electrons. The van der Waals surface area contributed by atoms with E-state index in [-0.39, 0.29) is 17.4 Å². The van der Waals surface area contributed by atoms with Crippen LogP contribution in [0.15, 0.2) is 71.6 Å². The number of amides is 1. The van der Waals surface area contributed by atoms with Crippen molar-refractivity contribution < 1.29 is 22.7 Å². The summed E-state index contributed by atoms with van der Waals surface area (Å²) in [7, 11) is -2.22. The van der Waals surface area contributed by atoms with Crippen LogP contribution in [0.4, 0.5) is 5.69 Å². The van der Waals surface area contributed by atoms with Gasteiger partial charge < -0.3 is 14.8 Å². The Morgan fingerprint density at radius 2 is 1.75 bits per heavy atom. The quantitative estimate of drug-likeness (QED) is 0.486. The number of methoxy groups -OCH3 is 1. The van der Waals surface area contributed by atoms with Crippen molar-refractivity contribution in [1.82, 2.24) is 5.32 Å². The number of sulfonamides is 1. The van der Waals surface area contributed by atoms with E-state index < -0.39 is 10.0 Å². The predicted octanol–water partition coefficient (Wildman–Crippen LogP) is 4.15. The number of carbonyl (C=O) groups excluding carboxylic acids is 1. The molecular formula is C23H23ClN2O5S. The summed E-state index contributed by atoms with van der Waals surface area (Å²) in [4.78, 5) is 12.1. The lowest BCUT2D eigenvalue weighted by atomic mass is 10.2. The molecule has 0 saturated carbocycles. The Balaban J connectivity index is 1.54. The smallest absolute Gasteiger partial charge is 0.261 e. The van der Waals surface area contributed by atoms with Crippen LogP contribution in [0.5, 0.6) is 11.5 Å². The second-order valence-electron chi connectivity index (χ2n) is 6.92. The lowest BCUT2D eigenvalue weighted by molar-refractivity contribution is -0.123. The van der Waals surface area contributed by atoms with E-state index in [1.54, 1.807) is 25.3 Å². The van der Waals surface area contributed by atoms with Crippen molar-refractivity contribution in [2.75, 3.05) is 18.4 Å². The first-order valence-electron chi connectivity index (χ1n) is 9.69. The van der Waals surface area contributed by atoms with Crippen LogP contribution in [0, 0.1) is 6.92 Å². The number of aryl methyl sites for hydroxylation is 1. The molecule has 0 bridgehead atoms. The van der Waals surface area contributed by atoms with Crippen LogP contribution in [0.3, 0.4) is 0 Å². The Morgan fingerprint density at radius 3 is 2.44 bits per heavy atom. The Kier molecular flexibility index (Phi) is 7.61. The SMILES string of the molecule is COc1ccccc1CNC(=O)COc1ccc(S(=O)(=O)Nc2ccc(C)c(Cl)c2)cc1. The van der Waals surface area contributed by atoms with Gasteiger partial charge in [0.1, 0.15) is 11.5 Å². The van der Waals surface area contributed by atoms with Crippen molar-refractivity contribution in [2.45, 2.75) is 18.4 Å². The van der Waals surface area contributed by atoms with Gasteiger partial charge in [0.05, 0.1) is 17.7 Å². The van der Waals surface area contributed by atoms with Crippen LogP contribution >= 0.6 is 11.6 Å². The molecule has 0 aliphatic carbocycles. The first kappa shape index (κ1) is 23.4. The number of para-hydroxylation sites is 1. The molecule has 0 heterocycles. The van der Waals surface area contributed by atoms with Gasteiger partial charge in [-0.25, -0.2) is 8.42 Å². The number of anilines is 1. The molecule has 3 aromatic carbocycles. The number of nitrogens with one attached hydrogen (secondary N) is 2. The van der Waals surface area contributed by atoms with Crippen LogP contribution in [-0.2, 0) is 21.4 Å². The second kappa shape index (κ2) is 10.4. The molecule has 168 valence electrons. The van der Waals surface area contributed by atoms with E-state index in [0.717, 1.165) is 11.1 Å². The molecule has 32 heavy (non-hydrogen) atoms. The van der Waals surface area contributed by atoms with Gasteiger partial charge in [-0.1, -0.05) is 35.9 Å². The van der Waals surface area contributed by atoms with Gasteiger partial charge in [-0.3, -0.25) is 9.52 Å². The van der Waals surface area contributed by atoms with Crippen molar-refractivity contribution in [1.29, 1.82) is 0 Å². The van der Waals surface area contributed by atoms with Crippen LogP contribution < -0.4 is 19.5 Å². The summed E-state index contributed by atoms with van der Waals surface area (Å²) in [5.41, 5.74) is 2.07. The highest BCUT2D eigenvalue weighted by molar-refractivity contribution is 7.92. The number of rotatable bonds is 9. The van der Waals surface area contributed by atoms with Gasteiger partial charge >= 0.3 is 0 Å². The van der Waals surface area contributed by atoms with Gasteiger partial charge in [0.2, 0.25) is 0 Å². The molecule has 2 N–H and O–H groups in total. The van der Waals surface area contributed by atoms with Crippen molar-refractivity contribution in [2.24, 2.45) is 0 Å². The van der Waals surface area contributed by atoms with Crippen LogP contribution in [0.25, 0.3) is 0 Å². The number of halogens is 1. The Labute approximate surface area is 192 Å². The fraction of sp³-hybridized carbons (Fsp3) is 0.174. The van der Waals surface area contributed by atoms with Gasteiger partial charge in [0.15, 0.2) is 6.61 Å². The number of ether oxygens (including phenoxy) is 2. The molecular weight excluding hydrogens is 452 g/mol. The van der Waals surface area contributed by atoms with Gasteiger partial charge in [0.25, 0.3) is 15.9 Å². The fourth-order valence-corrected chi connectivity index (χ4v) is 4.06. The van der Waals surface area contributed by atoms with Gasteiger partial charge in [-0.2, -0.15) is 0 Å². The van der Waals surface area contributed by atoms with Crippen LogP contribution in [0.1, 0.15) is 11.1 Å². The highest BCUT2D eigenvalue weighted by Gasteiger charge is 2.15. The maximum absolute atomic E-state index is 12.6. The standard InChI is InChI=1S/C23H23ClN2O5S/c1-16-7-8-18(13-21(16)24)26-32(28,29)20-11-9-19(10-12-20)31-15-23(27)25-14-17-5-3-4-6-22(17)30-2/h3-13,26H,14-15H2,1-2H3,(H,25,27). The largest absolute Gasteiger partial charge is 0.496 e. The minimum atomic E-state index is -3.79. The molecule has 0 aliphatic heterocycles. The molecule has 0 fully saturated rings. The van der Waals surface area contributed by atoms with Crippen LogP contribution in [-0.4, -0.2) is 28.0 Å². The van der Waals surface area contributed by atoms with Crippen molar-refractivity contribution in [3.63, 3.8) is 0 Å². The minimum absolute atomic E-state index is 0.0576. The third-order valence-corrected chi connectivity index (χ3v) is 6.40. The van der Waals surface area contributed by atoms with E-state index in [0.29, 0.717) is 28.8 Å². The summed E-state index contributed by atoms with van der Waals surface area (Å²) in [5, 5.41) is 3.23. The van der Waals surface area contributed by atoms with E-state index in [4.69, 9.17) is 21.1 Å². The lowest BCUT2D eigenvalue weighted by Gasteiger charge is -2.11. The maximum Gasteiger partial charge on any atom is 0.261 e. The normalized spacial score (nSPS) is 11.0. The van der Waals surface area contributed by atoms with E-state index in [1.165, 1.54) is 24.3 Å². The number of carbonyl (C=O) groups is 1. The Bertz CT molecular complexity index is 1200. The molecule has 0 saturated heterocycles.